The molecule has 0 radical (unpaired) electrons. The molecule has 0 spiro atoms. The lowest BCUT2D eigenvalue weighted by atomic mass is 10.0. The minimum atomic E-state index is -0.527. The topological polar surface area (TPSA) is 34.1 Å². The largest absolute Gasteiger partial charge is 0.293 e. The first-order chi connectivity index (χ1) is 5.91. The van der Waals surface area contributed by atoms with Crippen molar-refractivity contribution >= 4 is 48.4 Å². The van der Waals surface area contributed by atoms with Gasteiger partial charge in [-0.15, -0.1) is 0 Å². The molecule has 0 rings (SSSR count). The number of rotatable bonds is 4. The summed E-state index contributed by atoms with van der Waals surface area (Å²) in [4.78, 5) is 22.7. The quantitative estimate of drug-likeness (QED) is 0.340. The Morgan fingerprint density at radius 3 is 1.62 bits per heavy atom. The van der Waals surface area contributed by atoms with Crippen molar-refractivity contribution < 1.29 is 9.59 Å². The molecule has 5 heteroatoms. The van der Waals surface area contributed by atoms with Crippen LogP contribution in [-0.2, 0) is 9.59 Å². The third-order valence-electron chi connectivity index (χ3n) is 1.40. The van der Waals surface area contributed by atoms with E-state index in [2.05, 4.69) is 25.3 Å². The van der Waals surface area contributed by atoms with Crippen molar-refractivity contribution in [2.75, 3.05) is 0 Å². The fraction of sp³-hybridized carbons (Fsp3) is 0.500. The highest BCUT2D eigenvalue weighted by Crippen LogP contribution is 2.12. The fourth-order valence-electron chi connectivity index (χ4n) is 0.679. The molecule has 0 amide bonds. The Kier molecular flexibility index (Phi) is 5.76. The van der Waals surface area contributed by atoms with E-state index >= 15 is 0 Å². The molecular weight excluding hydrogens is 228 g/mol. The Labute approximate surface area is 93.5 Å². The van der Waals surface area contributed by atoms with Crippen LogP contribution in [-0.4, -0.2) is 22.1 Å². The summed E-state index contributed by atoms with van der Waals surface area (Å²) in [6, 6.07) is 0. The number of allylic oxidation sites excluding steroid dienone is 1. The number of thiol groups is 2. The summed E-state index contributed by atoms with van der Waals surface area (Å²) < 4.78 is 0. The molecule has 0 aliphatic rings. The van der Waals surface area contributed by atoms with Gasteiger partial charge in [-0.3, -0.25) is 9.59 Å². The van der Waals surface area contributed by atoms with Crippen LogP contribution in [0.15, 0.2) is 11.1 Å². The number of carbonyl (C=O) groups is 2. The van der Waals surface area contributed by atoms with Gasteiger partial charge in [0.25, 0.3) is 0 Å². The van der Waals surface area contributed by atoms with Crippen LogP contribution in [0.1, 0.15) is 13.8 Å². The van der Waals surface area contributed by atoms with Crippen molar-refractivity contribution in [2.45, 2.75) is 24.3 Å². The smallest absolute Gasteiger partial charge is 0.179 e. The molecule has 0 bridgehead atoms. The van der Waals surface area contributed by atoms with E-state index in [9.17, 15) is 9.59 Å². The highest BCUT2D eigenvalue weighted by Gasteiger charge is 2.23. The SMILES string of the molecule is CC(S)C(=O)C(=CCl)C(=O)C(C)S. The Morgan fingerprint density at radius 1 is 1.15 bits per heavy atom. The average molecular weight is 239 g/mol. The highest BCUT2D eigenvalue weighted by atomic mass is 35.5. The van der Waals surface area contributed by atoms with Gasteiger partial charge in [0.1, 0.15) is 0 Å². The maximum atomic E-state index is 11.3. The van der Waals surface area contributed by atoms with Crippen LogP contribution in [0.3, 0.4) is 0 Å². The molecule has 0 aliphatic heterocycles. The van der Waals surface area contributed by atoms with Crippen LogP contribution in [0, 0.1) is 0 Å². The van der Waals surface area contributed by atoms with Crippen LogP contribution >= 0.6 is 36.9 Å². The van der Waals surface area contributed by atoms with E-state index in [4.69, 9.17) is 11.6 Å². The van der Waals surface area contributed by atoms with E-state index in [1.165, 1.54) is 0 Å². The lowest BCUT2D eigenvalue weighted by Crippen LogP contribution is -2.24. The Balaban J connectivity index is 4.75. The number of hydrogen-bond acceptors (Lipinski definition) is 4. The van der Waals surface area contributed by atoms with E-state index < -0.39 is 10.5 Å². The number of Topliss-reactive ketones (excluding diaryl/α,β-unsaturated/α-hetero) is 2. The monoisotopic (exact) mass is 238 g/mol. The minimum absolute atomic E-state index is 0.0355. The van der Waals surface area contributed by atoms with Crippen LogP contribution in [0.5, 0.6) is 0 Å². The van der Waals surface area contributed by atoms with Crippen molar-refractivity contribution in [3.05, 3.63) is 11.1 Å². The van der Waals surface area contributed by atoms with Gasteiger partial charge in [0.2, 0.25) is 0 Å². The predicted molar refractivity (Wildman–Crippen MR) is 60.8 cm³/mol. The third-order valence-corrected chi connectivity index (χ3v) is 2.09. The van der Waals surface area contributed by atoms with Gasteiger partial charge in [0.15, 0.2) is 11.6 Å². The Hall–Kier alpha value is 0.0700. The van der Waals surface area contributed by atoms with Gasteiger partial charge in [-0.05, 0) is 13.8 Å². The second-order valence-corrected chi connectivity index (χ2v) is 4.37. The molecule has 0 fully saturated rings. The molecule has 2 atom stereocenters. The van der Waals surface area contributed by atoms with Gasteiger partial charge in [0.05, 0.1) is 16.1 Å². The molecule has 13 heavy (non-hydrogen) atoms. The summed E-state index contributed by atoms with van der Waals surface area (Å²) in [5.41, 5.74) is 0.955. The van der Waals surface area contributed by atoms with E-state index in [1.807, 2.05) is 0 Å². The zero-order valence-electron chi connectivity index (χ0n) is 7.32. The molecule has 0 saturated heterocycles. The summed E-state index contributed by atoms with van der Waals surface area (Å²) >= 11 is 13.2. The number of carbonyl (C=O) groups excluding carboxylic acids is 2. The van der Waals surface area contributed by atoms with Gasteiger partial charge in [0, 0.05) is 5.54 Å². The van der Waals surface area contributed by atoms with Crippen LogP contribution in [0.4, 0.5) is 0 Å². The molecule has 0 aliphatic carbocycles. The van der Waals surface area contributed by atoms with Gasteiger partial charge in [-0.2, -0.15) is 25.3 Å². The third kappa shape index (κ3) is 3.75. The lowest BCUT2D eigenvalue weighted by molar-refractivity contribution is -0.120. The molecule has 0 aromatic carbocycles. The van der Waals surface area contributed by atoms with Gasteiger partial charge < -0.3 is 0 Å². The first kappa shape index (κ1) is 13.1. The zero-order valence-corrected chi connectivity index (χ0v) is 9.87. The number of halogens is 1. The number of hydrogen-bond donors (Lipinski definition) is 2. The van der Waals surface area contributed by atoms with Gasteiger partial charge >= 0.3 is 0 Å². The second kappa shape index (κ2) is 5.73. The summed E-state index contributed by atoms with van der Waals surface area (Å²) in [5, 5.41) is -1.05. The standard InChI is InChI=1S/C8H11ClO2S2/c1-4(12)7(10)6(3-9)8(11)5(2)13/h3-5,12-13H,1-2H3. The van der Waals surface area contributed by atoms with Gasteiger partial charge in [-0.25, -0.2) is 0 Å². The Morgan fingerprint density at radius 2 is 1.46 bits per heavy atom. The molecule has 2 unspecified atom stereocenters. The summed E-state index contributed by atoms with van der Waals surface area (Å²) in [5.74, 6) is -0.742. The second-order valence-electron chi connectivity index (χ2n) is 2.60. The molecule has 74 valence electrons. The molecule has 0 aromatic rings. The van der Waals surface area contributed by atoms with Crippen molar-refractivity contribution in [3.63, 3.8) is 0 Å². The van der Waals surface area contributed by atoms with Crippen LogP contribution in [0.2, 0.25) is 0 Å². The molecule has 2 nitrogen and oxygen atoms in total. The number of ketones is 2. The van der Waals surface area contributed by atoms with E-state index in [0.29, 0.717) is 0 Å². The highest BCUT2D eigenvalue weighted by molar-refractivity contribution is 7.82. The zero-order chi connectivity index (χ0) is 10.6. The molecule has 0 aromatic heterocycles. The Bertz CT molecular complexity index is 225. The van der Waals surface area contributed by atoms with E-state index in [0.717, 1.165) is 5.54 Å². The first-order valence-electron chi connectivity index (χ1n) is 3.66. The summed E-state index contributed by atoms with van der Waals surface area (Å²) in [6.45, 7) is 3.17. The van der Waals surface area contributed by atoms with E-state index in [-0.39, 0.29) is 17.1 Å². The van der Waals surface area contributed by atoms with Crippen LogP contribution in [0.25, 0.3) is 0 Å². The molecule has 0 N–H and O–H groups in total. The fourth-order valence-corrected chi connectivity index (χ4v) is 1.17. The lowest BCUT2D eigenvalue weighted by Gasteiger charge is -2.08. The predicted octanol–water partition coefficient (Wildman–Crippen LogP) is 1.88. The van der Waals surface area contributed by atoms with Crippen LogP contribution < -0.4 is 0 Å². The first-order valence-corrected chi connectivity index (χ1v) is 5.13. The molecule has 0 saturated carbocycles. The maximum absolute atomic E-state index is 11.3. The summed E-state index contributed by atoms with van der Waals surface area (Å²) in [7, 11) is 0. The van der Waals surface area contributed by atoms with Crippen molar-refractivity contribution in [2.24, 2.45) is 0 Å². The van der Waals surface area contributed by atoms with Gasteiger partial charge in [-0.1, -0.05) is 11.6 Å². The molecular formula is C8H11ClO2S2. The van der Waals surface area contributed by atoms with Crippen molar-refractivity contribution in [3.8, 4) is 0 Å². The molecule has 0 heterocycles. The maximum Gasteiger partial charge on any atom is 0.179 e. The normalized spacial score (nSPS) is 14.5. The van der Waals surface area contributed by atoms with E-state index in [1.54, 1.807) is 13.8 Å². The minimum Gasteiger partial charge on any atom is -0.293 e. The summed E-state index contributed by atoms with van der Waals surface area (Å²) in [6.07, 6.45) is 0. The average Bonchev–Trinajstić information content (AvgIpc) is 2.04. The van der Waals surface area contributed by atoms with Crippen molar-refractivity contribution in [1.29, 1.82) is 0 Å². The van der Waals surface area contributed by atoms with Crippen molar-refractivity contribution in [1.82, 2.24) is 0 Å².